The summed E-state index contributed by atoms with van der Waals surface area (Å²) in [5.41, 5.74) is -3.98. The highest BCUT2D eigenvalue weighted by Crippen LogP contribution is 2.66. The van der Waals surface area contributed by atoms with Gasteiger partial charge in [-0.2, -0.15) is 26.3 Å². The minimum atomic E-state index is -5.25. The molecule has 3 fully saturated rings. The van der Waals surface area contributed by atoms with Gasteiger partial charge in [-0.05, 0) is 54.7 Å². The van der Waals surface area contributed by atoms with Gasteiger partial charge in [-0.3, -0.25) is 24.1 Å². The number of hydrogen-bond donors (Lipinski definition) is 1. The molecule has 6 atom stereocenters. The fourth-order valence-corrected chi connectivity index (χ4v) is 8.59. The molecular weight excluding hydrogens is 705 g/mol. The highest BCUT2D eigenvalue weighted by molar-refractivity contribution is 6.53. The van der Waals surface area contributed by atoms with Crippen LogP contribution in [0.1, 0.15) is 35.4 Å². The van der Waals surface area contributed by atoms with E-state index in [1.54, 1.807) is 0 Å². The van der Waals surface area contributed by atoms with Crippen molar-refractivity contribution < 1.29 is 55.4 Å². The van der Waals surface area contributed by atoms with Crippen LogP contribution in [-0.4, -0.2) is 57.5 Å². The summed E-state index contributed by atoms with van der Waals surface area (Å²) in [7, 11) is 2.37. The van der Waals surface area contributed by atoms with Gasteiger partial charge < -0.3 is 9.84 Å². The van der Waals surface area contributed by atoms with Crippen LogP contribution in [0.3, 0.4) is 0 Å². The van der Waals surface area contributed by atoms with E-state index in [1.165, 1.54) is 25.3 Å². The van der Waals surface area contributed by atoms with Crippen molar-refractivity contribution in [1.29, 1.82) is 0 Å². The highest BCUT2D eigenvalue weighted by Gasteiger charge is 2.76. The molecule has 4 aliphatic rings. The van der Waals surface area contributed by atoms with Gasteiger partial charge in [-0.1, -0.05) is 23.3 Å². The third-order valence-electron chi connectivity index (χ3n) is 9.45. The summed E-state index contributed by atoms with van der Waals surface area (Å²) in [6.07, 6.45) is -9.70. The van der Waals surface area contributed by atoms with Gasteiger partial charge in [0.25, 0.3) is 11.8 Å². The molecule has 1 saturated carbocycles. The Labute approximate surface area is 276 Å². The number of alkyl halides is 8. The Morgan fingerprint density at radius 3 is 2.04 bits per heavy atom. The molecule has 2 aromatic rings. The van der Waals surface area contributed by atoms with Gasteiger partial charge in [-0.25, -0.2) is 4.90 Å². The zero-order chi connectivity index (χ0) is 34.8. The molecule has 0 aromatic heterocycles. The number of hydrogen-bond acceptors (Lipinski definition) is 6. The molecule has 4 amide bonds. The second-order valence-electron chi connectivity index (χ2n) is 11.8. The number of nitrogens with zero attached hydrogens (tertiary/aromatic N) is 2. The summed E-state index contributed by atoms with van der Waals surface area (Å²) in [5.74, 6) is -9.71. The lowest BCUT2D eigenvalue weighted by Gasteiger charge is -2.50. The number of carbonyl (C=O) groups excluding carboxylic acids is 4. The van der Waals surface area contributed by atoms with E-state index in [-0.39, 0.29) is 46.5 Å². The number of phenols is 1. The van der Waals surface area contributed by atoms with E-state index in [2.05, 4.69) is 0 Å². The number of likely N-dealkylation sites (tertiary alicyclic amines) is 1. The fraction of sp³-hybridized carbons (Fsp3) is 0.400. The van der Waals surface area contributed by atoms with Crippen molar-refractivity contribution in [2.24, 2.45) is 17.8 Å². The second-order valence-corrected chi connectivity index (χ2v) is 13.5. The first-order valence-corrected chi connectivity index (χ1v) is 15.0. The molecule has 6 rings (SSSR count). The zero-order valence-electron chi connectivity index (χ0n) is 24.0. The standard InChI is InChI=1S/C30H21Cl3F6N2O6/c1-40-25(45)27(32)10-17-15(21(28(27,33)26(40)46)11-5-18(31)22(42)19(6-11)47-2)3-4-16-20(17)24(44)41(23(16)43)14-8-12(29(34,35)36)7-13(9-14)30(37,38)39/h3,5-9,16-17,20-21,42H,4,10H2,1-2H3/t16-,17+,20-,21-,27+,28-/m0/s1. The largest absolute Gasteiger partial charge is 0.503 e. The van der Waals surface area contributed by atoms with Crippen LogP contribution >= 0.6 is 34.8 Å². The molecule has 2 aromatic carbocycles. The van der Waals surface area contributed by atoms with E-state index in [4.69, 9.17) is 39.5 Å². The number of phenolic OH excluding ortho intramolecular Hbond substituents is 1. The number of aromatic hydroxyl groups is 1. The molecule has 47 heavy (non-hydrogen) atoms. The first kappa shape index (κ1) is 33.4. The van der Waals surface area contributed by atoms with Crippen LogP contribution in [0.15, 0.2) is 42.0 Å². The molecule has 250 valence electrons. The highest BCUT2D eigenvalue weighted by atomic mass is 35.5. The number of amides is 4. The summed E-state index contributed by atoms with van der Waals surface area (Å²) >= 11 is 20.4. The predicted molar refractivity (Wildman–Crippen MR) is 154 cm³/mol. The third-order valence-corrected chi connectivity index (χ3v) is 11.2. The van der Waals surface area contributed by atoms with Crippen molar-refractivity contribution in [1.82, 2.24) is 4.90 Å². The van der Waals surface area contributed by atoms with Gasteiger partial charge in [0.15, 0.2) is 21.2 Å². The quantitative estimate of drug-likeness (QED) is 0.173. The number of methoxy groups -OCH3 is 1. The summed E-state index contributed by atoms with van der Waals surface area (Å²) in [5, 5.41) is 10.1. The summed E-state index contributed by atoms with van der Waals surface area (Å²) in [6, 6.07) is 3.00. The molecule has 0 unspecified atom stereocenters. The van der Waals surface area contributed by atoms with Crippen LogP contribution in [0.25, 0.3) is 0 Å². The maximum Gasteiger partial charge on any atom is 0.416 e. The van der Waals surface area contributed by atoms with E-state index in [9.17, 15) is 50.6 Å². The van der Waals surface area contributed by atoms with Crippen molar-refractivity contribution in [3.05, 3.63) is 63.7 Å². The van der Waals surface area contributed by atoms with Gasteiger partial charge in [0.1, 0.15) is 0 Å². The molecule has 0 bridgehead atoms. The van der Waals surface area contributed by atoms with Gasteiger partial charge in [0.05, 0.1) is 40.8 Å². The Hall–Kier alpha value is -3.49. The lowest BCUT2D eigenvalue weighted by Crippen LogP contribution is -2.60. The normalized spacial score (nSPS) is 30.7. The number of allylic oxidation sites excluding steroid dienone is 2. The first-order valence-electron chi connectivity index (χ1n) is 13.8. The molecule has 2 aliphatic heterocycles. The van der Waals surface area contributed by atoms with E-state index >= 15 is 0 Å². The third kappa shape index (κ3) is 4.57. The van der Waals surface area contributed by atoms with Crippen molar-refractivity contribution in [3.8, 4) is 11.5 Å². The maximum absolute atomic E-state index is 14.1. The Kier molecular flexibility index (Phi) is 7.47. The van der Waals surface area contributed by atoms with E-state index < -0.39 is 98.4 Å². The first-order chi connectivity index (χ1) is 21.7. The van der Waals surface area contributed by atoms with Crippen LogP contribution in [0.2, 0.25) is 5.02 Å². The number of fused-ring (bicyclic) bond motifs is 4. The van der Waals surface area contributed by atoms with Crippen molar-refractivity contribution in [3.63, 3.8) is 0 Å². The van der Waals surface area contributed by atoms with E-state index in [0.29, 0.717) is 4.90 Å². The van der Waals surface area contributed by atoms with Gasteiger partial charge in [-0.15, -0.1) is 23.2 Å². The number of halogens is 9. The minimum Gasteiger partial charge on any atom is -0.503 e. The summed E-state index contributed by atoms with van der Waals surface area (Å²) in [4.78, 5) is 51.5. The lowest BCUT2D eigenvalue weighted by molar-refractivity contribution is -0.143. The van der Waals surface area contributed by atoms with Crippen LogP contribution in [-0.2, 0) is 31.5 Å². The number of imide groups is 2. The van der Waals surface area contributed by atoms with Crippen LogP contribution in [0.5, 0.6) is 11.5 Å². The number of carbonyl (C=O) groups is 4. The van der Waals surface area contributed by atoms with Crippen molar-refractivity contribution in [2.45, 2.75) is 40.9 Å². The maximum atomic E-state index is 14.1. The van der Waals surface area contributed by atoms with Gasteiger partial charge in [0.2, 0.25) is 11.8 Å². The van der Waals surface area contributed by atoms with Gasteiger partial charge in [0, 0.05) is 13.0 Å². The van der Waals surface area contributed by atoms with Crippen LogP contribution < -0.4 is 9.64 Å². The smallest absolute Gasteiger partial charge is 0.416 e. The Bertz CT molecular complexity index is 1780. The predicted octanol–water partition coefficient (Wildman–Crippen LogP) is 6.29. The average Bonchev–Trinajstić information content (AvgIpc) is 3.32. The summed E-state index contributed by atoms with van der Waals surface area (Å²) < 4.78 is 87.2. The number of ether oxygens (including phenoxy) is 1. The van der Waals surface area contributed by atoms with E-state index in [0.717, 1.165) is 11.9 Å². The Balaban J connectivity index is 1.52. The molecular formula is C30H21Cl3F6N2O6. The SMILES string of the molecule is COc1cc([C@H]2C3=CC[C@@H]4C(=O)N(c5cc(C(F)(F)F)cc(C(F)(F)F)c5)C(=O)[C@@H]4[C@@H]3C[C@@]3(Cl)C(=O)N(C)C(=O)[C@@]23Cl)cc(Cl)c1O. The molecule has 0 radical (unpaired) electrons. The number of rotatable bonds is 3. The second kappa shape index (κ2) is 10.5. The average molecular weight is 726 g/mol. The minimum absolute atomic E-state index is 0.124. The number of anilines is 1. The molecule has 2 aliphatic carbocycles. The summed E-state index contributed by atoms with van der Waals surface area (Å²) in [6.45, 7) is 0. The molecule has 8 nitrogen and oxygen atoms in total. The Morgan fingerprint density at radius 1 is 0.894 bits per heavy atom. The molecule has 1 N–H and O–H groups in total. The number of benzene rings is 2. The lowest BCUT2D eigenvalue weighted by atomic mass is 9.56. The van der Waals surface area contributed by atoms with E-state index in [1.807, 2.05) is 0 Å². The fourth-order valence-electron chi connectivity index (χ4n) is 7.36. The van der Waals surface area contributed by atoms with Crippen LogP contribution in [0.4, 0.5) is 32.0 Å². The molecule has 0 spiro atoms. The topological polar surface area (TPSA) is 104 Å². The molecule has 2 saturated heterocycles. The van der Waals surface area contributed by atoms with Gasteiger partial charge >= 0.3 is 12.4 Å². The van der Waals surface area contributed by atoms with Crippen molar-refractivity contribution >= 4 is 64.1 Å². The van der Waals surface area contributed by atoms with Crippen molar-refractivity contribution in [2.75, 3.05) is 19.1 Å². The zero-order valence-corrected chi connectivity index (χ0v) is 26.2. The monoisotopic (exact) mass is 724 g/mol. The molecule has 17 heteroatoms. The Morgan fingerprint density at radius 2 is 1.49 bits per heavy atom. The van der Waals surface area contributed by atoms with Crippen LogP contribution in [0, 0.1) is 17.8 Å². The molecule has 2 heterocycles.